The Kier molecular flexibility index (Phi) is 6.92. The normalized spacial score (nSPS) is 11.3. The topological polar surface area (TPSA) is 74.3 Å². The average molecular weight is 395 g/mol. The third-order valence-electron chi connectivity index (χ3n) is 4.15. The highest BCUT2D eigenvalue weighted by Crippen LogP contribution is 2.29. The van der Waals surface area contributed by atoms with E-state index in [2.05, 4.69) is 0 Å². The van der Waals surface area contributed by atoms with Crippen molar-refractivity contribution in [2.45, 2.75) is 13.1 Å². The Labute approximate surface area is 160 Å². The van der Waals surface area contributed by atoms with Crippen LogP contribution < -0.4 is 18.9 Å². The molecule has 0 bridgehead atoms. The van der Waals surface area contributed by atoms with Crippen molar-refractivity contribution in [2.24, 2.45) is 0 Å². The number of ether oxygens (including phenoxy) is 4. The van der Waals surface area contributed by atoms with Crippen LogP contribution in [0, 0.1) is 0 Å². The van der Waals surface area contributed by atoms with Gasteiger partial charge in [-0.25, -0.2) is 8.42 Å². The maximum Gasteiger partial charge on any atom is 0.211 e. The van der Waals surface area contributed by atoms with Gasteiger partial charge in [-0.15, -0.1) is 0 Å². The van der Waals surface area contributed by atoms with E-state index in [0.29, 0.717) is 23.0 Å². The Morgan fingerprint density at radius 3 is 1.44 bits per heavy atom. The zero-order chi connectivity index (χ0) is 20.0. The van der Waals surface area contributed by atoms with E-state index in [1.54, 1.807) is 50.6 Å². The van der Waals surface area contributed by atoms with Gasteiger partial charge in [-0.2, -0.15) is 4.31 Å². The molecule has 0 aromatic heterocycles. The van der Waals surface area contributed by atoms with E-state index in [-0.39, 0.29) is 13.1 Å². The Bertz CT molecular complexity index is 824. The highest BCUT2D eigenvalue weighted by molar-refractivity contribution is 7.88. The monoisotopic (exact) mass is 395 g/mol. The number of hydrogen-bond donors (Lipinski definition) is 0. The van der Waals surface area contributed by atoms with Gasteiger partial charge in [0.05, 0.1) is 34.7 Å². The summed E-state index contributed by atoms with van der Waals surface area (Å²) in [6.07, 6.45) is 1.18. The molecule has 148 valence electrons. The maximum atomic E-state index is 12.4. The van der Waals surface area contributed by atoms with Crippen LogP contribution in [0.3, 0.4) is 0 Å². The Morgan fingerprint density at radius 2 is 1.15 bits per heavy atom. The van der Waals surface area contributed by atoms with Gasteiger partial charge in [0, 0.05) is 36.3 Å². The van der Waals surface area contributed by atoms with Crippen LogP contribution in [0.2, 0.25) is 0 Å². The number of rotatable bonds is 9. The molecule has 2 aromatic carbocycles. The number of hydrogen-bond acceptors (Lipinski definition) is 6. The summed E-state index contributed by atoms with van der Waals surface area (Å²) in [5, 5.41) is 0. The summed E-state index contributed by atoms with van der Waals surface area (Å²) in [4.78, 5) is 0. The van der Waals surface area contributed by atoms with Gasteiger partial charge in [0.1, 0.15) is 23.0 Å². The van der Waals surface area contributed by atoms with Crippen molar-refractivity contribution < 1.29 is 27.4 Å². The van der Waals surface area contributed by atoms with E-state index in [0.717, 1.165) is 11.1 Å². The minimum Gasteiger partial charge on any atom is -0.497 e. The molecule has 0 unspecified atom stereocenters. The molecular formula is C19H25NO6S. The van der Waals surface area contributed by atoms with E-state index >= 15 is 0 Å². The molecular weight excluding hydrogens is 370 g/mol. The zero-order valence-electron chi connectivity index (χ0n) is 16.2. The molecule has 0 aliphatic carbocycles. The predicted molar refractivity (Wildman–Crippen MR) is 103 cm³/mol. The van der Waals surface area contributed by atoms with Crippen molar-refractivity contribution in [3.8, 4) is 23.0 Å². The summed E-state index contributed by atoms with van der Waals surface area (Å²) < 4.78 is 47.3. The zero-order valence-corrected chi connectivity index (χ0v) is 17.0. The second-order valence-electron chi connectivity index (χ2n) is 5.89. The molecule has 0 aliphatic rings. The lowest BCUT2D eigenvalue weighted by atomic mass is 10.1. The van der Waals surface area contributed by atoms with E-state index in [1.165, 1.54) is 24.8 Å². The first-order valence-corrected chi connectivity index (χ1v) is 10.0. The Hall–Kier alpha value is -2.45. The molecule has 0 atom stereocenters. The molecule has 2 aromatic rings. The molecule has 0 fully saturated rings. The SMILES string of the molecule is COc1ccc(CN(Cc2ccc(OC)cc2OC)S(C)(=O)=O)c(OC)c1. The lowest BCUT2D eigenvalue weighted by Crippen LogP contribution is -2.29. The van der Waals surface area contributed by atoms with Crippen molar-refractivity contribution in [3.63, 3.8) is 0 Å². The molecule has 0 saturated carbocycles. The standard InChI is InChI=1S/C19H25NO6S/c1-23-16-8-6-14(18(10-16)25-3)12-20(27(5,21)22)13-15-7-9-17(24-2)11-19(15)26-4/h6-11H,12-13H2,1-5H3. The number of nitrogens with zero attached hydrogens (tertiary/aromatic N) is 1. The molecule has 8 heteroatoms. The quantitative estimate of drug-likeness (QED) is 0.650. The average Bonchev–Trinajstić information content (AvgIpc) is 2.66. The van der Waals surface area contributed by atoms with Crippen LogP contribution in [-0.4, -0.2) is 47.4 Å². The summed E-state index contributed by atoms with van der Waals surface area (Å²) >= 11 is 0. The summed E-state index contributed by atoms with van der Waals surface area (Å²) in [5.74, 6) is 2.39. The Balaban J connectivity index is 2.35. The van der Waals surface area contributed by atoms with Crippen LogP contribution in [-0.2, 0) is 23.1 Å². The van der Waals surface area contributed by atoms with Gasteiger partial charge < -0.3 is 18.9 Å². The van der Waals surface area contributed by atoms with Gasteiger partial charge in [0.2, 0.25) is 10.0 Å². The van der Waals surface area contributed by atoms with Crippen molar-refractivity contribution in [1.82, 2.24) is 4.31 Å². The second kappa shape index (κ2) is 8.96. The molecule has 0 aliphatic heterocycles. The first-order chi connectivity index (χ1) is 12.8. The van der Waals surface area contributed by atoms with Crippen molar-refractivity contribution in [3.05, 3.63) is 47.5 Å². The van der Waals surface area contributed by atoms with E-state index in [1.807, 2.05) is 0 Å². The van der Waals surface area contributed by atoms with E-state index in [4.69, 9.17) is 18.9 Å². The molecule has 0 radical (unpaired) electrons. The van der Waals surface area contributed by atoms with Crippen molar-refractivity contribution in [2.75, 3.05) is 34.7 Å². The highest BCUT2D eigenvalue weighted by Gasteiger charge is 2.21. The lowest BCUT2D eigenvalue weighted by molar-refractivity contribution is 0.359. The van der Waals surface area contributed by atoms with Gasteiger partial charge in [-0.1, -0.05) is 12.1 Å². The van der Waals surface area contributed by atoms with Crippen LogP contribution in [0.1, 0.15) is 11.1 Å². The van der Waals surface area contributed by atoms with Gasteiger partial charge in [0.15, 0.2) is 0 Å². The van der Waals surface area contributed by atoms with Crippen LogP contribution >= 0.6 is 0 Å². The van der Waals surface area contributed by atoms with Gasteiger partial charge in [-0.05, 0) is 12.1 Å². The summed E-state index contributed by atoms with van der Waals surface area (Å²) in [5.41, 5.74) is 1.47. The molecule has 0 amide bonds. The molecule has 0 saturated heterocycles. The Morgan fingerprint density at radius 1 is 0.741 bits per heavy atom. The minimum absolute atomic E-state index is 0.154. The number of sulfonamides is 1. The third kappa shape index (κ3) is 5.27. The van der Waals surface area contributed by atoms with Crippen LogP contribution in [0.5, 0.6) is 23.0 Å². The van der Waals surface area contributed by atoms with Crippen LogP contribution in [0.4, 0.5) is 0 Å². The van der Waals surface area contributed by atoms with Crippen molar-refractivity contribution >= 4 is 10.0 Å². The second-order valence-corrected chi connectivity index (χ2v) is 7.87. The van der Waals surface area contributed by atoms with Gasteiger partial charge >= 0.3 is 0 Å². The van der Waals surface area contributed by atoms with Crippen molar-refractivity contribution in [1.29, 1.82) is 0 Å². The molecule has 0 N–H and O–H groups in total. The number of benzene rings is 2. The smallest absolute Gasteiger partial charge is 0.211 e. The maximum absolute atomic E-state index is 12.4. The minimum atomic E-state index is -3.48. The number of methoxy groups -OCH3 is 4. The summed E-state index contributed by atoms with van der Waals surface area (Å²) in [6, 6.07) is 10.6. The lowest BCUT2D eigenvalue weighted by Gasteiger charge is -2.22. The fraction of sp³-hybridized carbons (Fsp3) is 0.368. The van der Waals surface area contributed by atoms with Gasteiger partial charge in [-0.3, -0.25) is 0 Å². The first-order valence-electron chi connectivity index (χ1n) is 8.19. The molecule has 7 nitrogen and oxygen atoms in total. The first kappa shape index (κ1) is 20.9. The van der Waals surface area contributed by atoms with Crippen LogP contribution in [0.25, 0.3) is 0 Å². The molecule has 0 heterocycles. The summed E-state index contributed by atoms with van der Waals surface area (Å²) in [6.45, 7) is 0.308. The molecule has 0 spiro atoms. The van der Waals surface area contributed by atoms with Crippen LogP contribution in [0.15, 0.2) is 36.4 Å². The summed E-state index contributed by atoms with van der Waals surface area (Å²) in [7, 11) is 2.72. The van der Waals surface area contributed by atoms with E-state index in [9.17, 15) is 8.42 Å². The fourth-order valence-electron chi connectivity index (χ4n) is 2.64. The van der Waals surface area contributed by atoms with Gasteiger partial charge in [0.25, 0.3) is 0 Å². The highest BCUT2D eigenvalue weighted by atomic mass is 32.2. The predicted octanol–water partition coefficient (Wildman–Crippen LogP) is 2.68. The molecule has 27 heavy (non-hydrogen) atoms. The fourth-order valence-corrected chi connectivity index (χ4v) is 3.38. The molecule has 2 rings (SSSR count). The van der Waals surface area contributed by atoms with E-state index < -0.39 is 10.0 Å². The largest absolute Gasteiger partial charge is 0.497 e. The third-order valence-corrected chi connectivity index (χ3v) is 5.35.